The number of aromatic amines is 1. The molecule has 14 nitrogen and oxygen atoms in total. The predicted octanol–water partition coefficient (Wildman–Crippen LogP) is 0.869. The van der Waals surface area contributed by atoms with E-state index in [0.717, 1.165) is 21.2 Å². The first-order valence-corrected chi connectivity index (χ1v) is 14.3. The first kappa shape index (κ1) is 28.7. The number of carbonyl (C=O) groups is 4. The van der Waals surface area contributed by atoms with Crippen molar-refractivity contribution in [2.75, 3.05) is 5.75 Å². The van der Waals surface area contributed by atoms with Gasteiger partial charge in [0.25, 0.3) is 11.8 Å². The quantitative estimate of drug-likeness (QED) is 0.158. The van der Waals surface area contributed by atoms with Crippen molar-refractivity contribution in [2.24, 2.45) is 0 Å². The standard InChI is InChI=1S/C24H21ClN6O8S2/c25-12-4-2-1-3-10(12)19(34)20(35)26-17-21(36)30-18(23(37)38)11(9-40-22(17)30)13(5-8-16(32)33)41-15-7-6-14-27-28-24(39)31(14)29-15/h1-4,6-7,13,17,19,22,34H,5,8-9H2,(H,26,35)(H,28,39)(H,32,33)(H,37,38)/t13?,17?,19?,22-/m0/s1. The fraction of sp³-hybridized carbons (Fsp3) is 0.292. The van der Waals surface area contributed by atoms with Gasteiger partial charge in [-0.15, -0.1) is 11.8 Å². The average Bonchev–Trinajstić information content (AvgIpc) is 3.32. The third kappa shape index (κ3) is 5.55. The number of aliphatic hydroxyl groups is 1. The zero-order valence-corrected chi connectivity index (χ0v) is 23.1. The number of amides is 2. The Kier molecular flexibility index (Phi) is 8.08. The van der Waals surface area contributed by atoms with Crippen molar-refractivity contribution in [3.63, 3.8) is 0 Å². The molecule has 3 unspecified atom stereocenters. The van der Waals surface area contributed by atoms with E-state index in [4.69, 9.17) is 11.6 Å². The normalized spacial score (nSPS) is 19.9. The SMILES string of the molecule is O=C(O)CCC(Sc1ccc2n[nH]c(=O)n2n1)C1=C(C(=O)O)N2C(=O)C(NC(=O)C(O)c3ccccc3Cl)[C@@H]2SC1. The molecular weight excluding hydrogens is 600 g/mol. The Bertz CT molecular complexity index is 1660. The summed E-state index contributed by atoms with van der Waals surface area (Å²) >= 11 is 8.33. The van der Waals surface area contributed by atoms with Crippen LogP contribution in [0.1, 0.15) is 24.5 Å². The minimum atomic E-state index is -1.64. The fourth-order valence-corrected chi connectivity index (χ4v) is 7.42. The van der Waals surface area contributed by atoms with Gasteiger partial charge in [0, 0.05) is 28.0 Å². The monoisotopic (exact) mass is 620 g/mol. The van der Waals surface area contributed by atoms with Crippen LogP contribution < -0.4 is 11.0 Å². The number of fused-ring (bicyclic) bond motifs is 2. The molecule has 2 aromatic heterocycles. The van der Waals surface area contributed by atoms with Gasteiger partial charge in [0.05, 0.1) is 0 Å². The van der Waals surface area contributed by atoms with Crippen LogP contribution in [0.2, 0.25) is 5.02 Å². The van der Waals surface area contributed by atoms with Crippen LogP contribution >= 0.6 is 35.1 Å². The summed E-state index contributed by atoms with van der Waals surface area (Å²) in [5.41, 5.74) is -0.157. The summed E-state index contributed by atoms with van der Waals surface area (Å²) in [5.74, 6) is -3.93. The van der Waals surface area contributed by atoms with Crippen LogP contribution in [0.5, 0.6) is 0 Å². The van der Waals surface area contributed by atoms with E-state index in [0.29, 0.717) is 10.6 Å². The molecule has 5 N–H and O–H groups in total. The molecule has 2 aliphatic rings. The Balaban J connectivity index is 1.40. The Hall–Kier alpha value is -3.86. The van der Waals surface area contributed by atoms with Gasteiger partial charge < -0.3 is 20.6 Å². The summed E-state index contributed by atoms with van der Waals surface area (Å²) in [6.45, 7) is 0. The van der Waals surface area contributed by atoms with E-state index >= 15 is 0 Å². The molecule has 4 atom stereocenters. The number of rotatable bonds is 10. The lowest BCUT2D eigenvalue weighted by Gasteiger charge is -2.50. The molecule has 0 spiro atoms. The predicted molar refractivity (Wildman–Crippen MR) is 146 cm³/mol. The number of H-pyrrole nitrogens is 1. The summed E-state index contributed by atoms with van der Waals surface area (Å²) in [5, 5.41) is 41.7. The number of aliphatic hydroxyl groups excluding tert-OH is 1. The van der Waals surface area contributed by atoms with Crippen LogP contribution in [-0.4, -0.2) is 86.2 Å². The number of nitrogens with one attached hydrogen (secondary N) is 2. The topological polar surface area (TPSA) is 207 Å². The van der Waals surface area contributed by atoms with Crippen LogP contribution in [0.3, 0.4) is 0 Å². The van der Waals surface area contributed by atoms with Crippen molar-refractivity contribution < 1.29 is 34.5 Å². The molecule has 1 fully saturated rings. The third-order valence-electron chi connectivity index (χ3n) is 6.47. The van der Waals surface area contributed by atoms with Gasteiger partial charge in [-0.1, -0.05) is 41.6 Å². The van der Waals surface area contributed by atoms with Crippen LogP contribution in [0.15, 0.2) is 57.5 Å². The van der Waals surface area contributed by atoms with Crippen molar-refractivity contribution in [2.45, 2.75) is 40.6 Å². The number of aromatic nitrogens is 4. The highest BCUT2D eigenvalue weighted by atomic mass is 35.5. The number of carboxylic acids is 2. The minimum absolute atomic E-state index is 0.0174. The number of aliphatic carboxylic acids is 2. The first-order valence-electron chi connectivity index (χ1n) is 12.0. The number of carboxylic acid groups (broad SMARTS) is 2. The lowest BCUT2D eigenvalue weighted by molar-refractivity contribution is -0.151. The fourth-order valence-electron chi connectivity index (χ4n) is 4.51. The summed E-state index contributed by atoms with van der Waals surface area (Å²) in [6.07, 6.45) is -1.92. The van der Waals surface area contributed by atoms with Gasteiger partial charge in [0.15, 0.2) is 11.8 Å². The van der Waals surface area contributed by atoms with Crippen molar-refractivity contribution in [1.82, 2.24) is 30.0 Å². The molecule has 5 rings (SSSR count). The summed E-state index contributed by atoms with van der Waals surface area (Å²) in [7, 11) is 0. The lowest BCUT2D eigenvalue weighted by atomic mass is 9.99. The largest absolute Gasteiger partial charge is 0.481 e. The van der Waals surface area contributed by atoms with E-state index < -0.39 is 52.2 Å². The highest BCUT2D eigenvalue weighted by Gasteiger charge is 2.55. The number of benzene rings is 1. The van der Waals surface area contributed by atoms with Gasteiger partial charge in [-0.05, 0) is 30.2 Å². The highest BCUT2D eigenvalue weighted by Crippen LogP contribution is 2.45. The van der Waals surface area contributed by atoms with Crippen LogP contribution in [-0.2, 0) is 19.2 Å². The van der Waals surface area contributed by atoms with E-state index in [2.05, 4.69) is 20.6 Å². The lowest BCUT2D eigenvalue weighted by Crippen LogP contribution is -2.71. The van der Waals surface area contributed by atoms with Crippen LogP contribution in [0.25, 0.3) is 5.65 Å². The maximum absolute atomic E-state index is 13.2. The third-order valence-corrected chi connectivity index (χ3v) is 9.38. The van der Waals surface area contributed by atoms with Crippen molar-refractivity contribution >= 4 is 64.5 Å². The second-order valence-corrected chi connectivity index (χ2v) is 11.7. The molecule has 214 valence electrons. The summed E-state index contributed by atoms with van der Waals surface area (Å²) < 4.78 is 1.03. The molecule has 2 aliphatic heterocycles. The maximum Gasteiger partial charge on any atom is 0.364 e. The van der Waals surface area contributed by atoms with Crippen molar-refractivity contribution in [3.05, 3.63) is 68.7 Å². The number of halogens is 1. The smallest absolute Gasteiger partial charge is 0.364 e. The van der Waals surface area contributed by atoms with Gasteiger partial charge in [0.2, 0.25) is 0 Å². The van der Waals surface area contributed by atoms with Crippen LogP contribution in [0, 0.1) is 0 Å². The van der Waals surface area contributed by atoms with Crippen molar-refractivity contribution in [3.8, 4) is 0 Å². The van der Waals surface area contributed by atoms with Gasteiger partial charge in [-0.2, -0.15) is 14.7 Å². The molecule has 1 saturated heterocycles. The zero-order chi connectivity index (χ0) is 29.4. The molecule has 4 heterocycles. The summed E-state index contributed by atoms with van der Waals surface area (Å²) in [4.78, 5) is 62.7. The number of β-lactam (4-membered cyclic amide) rings is 1. The van der Waals surface area contributed by atoms with Gasteiger partial charge in [0.1, 0.15) is 22.1 Å². The molecule has 0 saturated carbocycles. The molecular formula is C24H21ClN6O8S2. The number of hydrogen-bond acceptors (Lipinski definition) is 10. The van der Waals surface area contributed by atoms with Gasteiger partial charge in [-0.25, -0.2) is 14.7 Å². The molecule has 0 aliphatic carbocycles. The zero-order valence-electron chi connectivity index (χ0n) is 20.8. The molecule has 2 amide bonds. The Morgan fingerprint density at radius 1 is 1.20 bits per heavy atom. The van der Waals surface area contributed by atoms with E-state index in [1.165, 1.54) is 30.0 Å². The molecule has 3 aromatic rings. The van der Waals surface area contributed by atoms with E-state index in [1.54, 1.807) is 18.2 Å². The number of nitrogens with zero attached hydrogens (tertiary/aromatic N) is 4. The minimum Gasteiger partial charge on any atom is -0.481 e. The highest BCUT2D eigenvalue weighted by molar-refractivity contribution is 8.01. The maximum atomic E-state index is 13.2. The molecule has 1 aromatic carbocycles. The number of thioether (sulfide) groups is 2. The van der Waals surface area contributed by atoms with Gasteiger partial charge in [-0.3, -0.25) is 19.3 Å². The molecule has 41 heavy (non-hydrogen) atoms. The second kappa shape index (κ2) is 11.6. The Labute approximate surface area is 243 Å². The first-order chi connectivity index (χ1) is 19.6. The molecule has 17 heteroatoms. The molecule has 0 bridgehead atoms. The van der Waals surface area contributed by atoms with E-state index in [1.807, 2.05) is 0 Å². The van der Waals surface area contributed by atoms with Gasteiger partial charge >= 0.3 is 17.6 Å². The second-order valence-electron chi connectivity index (χ2n) is 9.01. The van der Waals surface area contributed by atoms with Crippen LogP contribution in [0.4, 0.5) is 0 Å². The Morgan fingerprint density at radius 2 is 1.95 bits per heavy atom. The van der Waals surface area contributed by atoms with Crippen molar-refractivity contribution in [1.29, 1.82) is 0 Å². The number of carbonyl (C=O) groups excluding carboxylic acids is 2. The summed E-state index contributed by atoms with van der Waals surface area (Å²) in [6, 6.07) is 8.21. The molecule has 0 radical (unpaired) electrons. The van der Waals surface area contributed by atoms with E-state index in [-0.39, 0.29) is 40.5 Å². The average molecular weight is 621 g/mol. The Morgan fingerprint density at radius 3 is 2.66 bits per heavy atom. The van der Waals surface area contributed by atoms with E-state index in [9.17, 15) is 39.3 Å². The number of hydrogen-bond donors (Lipinski definition) is 5.